The fraction of sp³-hybridized carbons (Fsp3) is 0.600. The first-order valence-electron chi connectivity index (χ1n) is 9.46. The molecule has 2 heterocycles. The first-order chi connectivity index (χ1) is 12.5. The number of nitrogens with zero attached hydrogens (tertiary/aromatic N) is 2. The predicted octanol–water partition coefficient (Wildman–Crippen LogP) is 2.99. The van der Waals surface area contributed by atoms with E-state index >= 15 is 0 Å². The quantitative estimate of drug-likeness (QED) is 0.827. The number of carbonyl (C=O) groups is 2. The number of rotatable bonds is 4. The van der Waals surface area contributed by atoms with Crippen molar-refractivity contribution in [1.82, 2.24) is 4.90 Å². The van der Waals surface area contributed by atoms with E-state index in [0.29, 0.717) is 38.2 Å². The molecule has 2 amide bonds. The molecule has 6 heteroatoms. The van der Waals surface area contributed by atoms with E-state index in [4.69, 9.17) is 4.74 Å². The Morgan fingerprint density at radius 3 is 2.58 bits per heavy atom. The second-order valence-corrected chi connectivity index (χ2v) is 7.27. The van der Waals surface area contributed by atoms with Crippen LogP contribution in [0.2, 0.25) is 0 Å². The Morgan fingerprint density at radius 2 is 1.96 bits per heavy atom. The van der Waals surface area contributed by atoms with Crippen LogP contribution in [0.4, 0.5) is 10.1 Å². The van der Waals surface area contributed by atoms with E-state index in [-0.39, 0.29) is 30.2 Å². The molecule has 2 aliphatic heterocycles. The Labute approximate surface area is 154 Å². The second kappa shape index (κ2) is 7.74. The summed E-state index contributed by atoms with van der Waals surface area (Å²) in [5.41, 5.74) is 0.110. The van der Waals surface area contributed by atoms with E-state index in [2.05, 4.69) is 0 Å². The molecule has 0 saturated carbocycles. The van der Waals surface area contributed by atoms with Gasteiger partial charge in [0.2, 0.25) is 5.91 Å². The van der Waals surface area contributed by atoms with E-state index in [1.807, 2.05) is 18.7 Å². The van der Waals surface area contributed by atoms with Crippen molar-refractivity contribution in [3.63, 3.8) is 0 Å². The number of halogens is 1. The van der Waals surface area contributed by atoms with Gasteiger partial charge in [-0.2, -0.15) is 0 Å². The molecule has 0 aromatic heterocycles. The Balaban J connectivity index is 1.68. The standard InChI is InChI=1S/C20H27FN2O3/c1-3-15(4-2)19(25)22-10-8-20(9-11-22)14-23(18(24)13-26-20)17-7-5-6-16(21)12-17/h5-7,12,15H,3-4,8-11,13-14H2,1-2H3. The molecule has 0 bridgehead atoms. The highest BCUT2D eigenvalue weighted by molar-refractivity contribution is 5.95. The lowest BCUT2D eigenvalue weighted by molar-refractivity contribution is -0.152. The number of amides is 2. The number of carbonyl (C=O) groups excluding carboxylic acids is 2. The molecule has 1 aromatic carbocycles. The van der Waals surface area contributed by atoms with E-state index < -0.39 is 5.60 Å². The third kappa shape index (κ3) is 3.75. The molecule has 1 spiro atoms. The highest BCUT2D eigenvalue weighted by Gasteiger charge is 2.43. The van der Waals surface area contributed by atoms with Crippen molar-refractivity contribution >= 4 is 17.5 Å². The first-order valence-corrected chi connectivity index (χ1v) is 9.46. The molecule has 0 radical (unpaired) electrons. The average molecular weight is 362 g/mol. The number of anilines is 1. The Kier molecular flexibility index (Phi) is 5.61. The average Bonchev–Trinajstić information content (AvgIpc) is 2.65. The molecule has 142 valence electrons. The number of morpholine rings is 1. The number of ether oxygens (including phenoxy) is 1. The largest absolute Gasteiger partial charge is 0.363 e. The summed E-state index contributed by atoms with van der Waals surface area (Å²) in [6, 6.07) is 6.09. The van der Waals surface area contributed by atoms with Crippen molar-refractivity contribution in [3.8, 4) is 0 Å². The zero-order chi connectivity index (χ0) is 18.7. The Hall–Kier alpha value is -1.95. The van der Waals surface area contributed by atoms with Crippen molar-refractivity contribution in [2.75, 3.05) is 31.1 Å². The van der Waals surface area contributed by atoms with Gasteiger partial charge >= 0.3 is 0 Å². The SMILES string of the molecule is CCC(CC)C(=O)N1CCC2(CC1)CN(c1cccc(F)c1)C(=O)CO2. The third-order valence-corrected chi connectivity index (χ3v) is 5.69. The maximum absolute atomic E-state index is 13.6. The van der Waals surface area contributed by atoms with Gasteiger partial charge in [-0.25, -0.2) is 4.39 Å². The van der Waals surface area contributed by atoms with Crippen molar-refractivity contribution in [1.29, 1.82) is 0 Å². The molecule has 26 heavy (non-hydrogen) atoms. The van der Waals surface area contributed by atoms with Crippen LogP contribution in [0.3, 0.4) is 0 Å². The van der Waals surface area contributed by atoms with Crippen LogP contribution in [0, 0.1) is 11.7 Å². The van der Waals surface area contributed by atoms with Crippen LogP contribution in [-0.2, 0) is 14.3 Å². The summed E-state index contributed by atoms with van der Waals surface area (Å²) in [4.78, 5) is 28.4. The predicted molar refractivity (Wildman–Crippen MR) is 97.3 cm³/mol. The van der Waals surface area contributed by atoms with E-state index in [9.17, 15) is 14.0 Å². The Bertz CT molecular complexity index is 667. The fourth-order valence-corrected chi connectivity index (χ4v) is 3.93. The lowest BCUT2D eigenvalue weighted by Gasteiger charge is -2.47. The topological polar surface area (TPSA) is 49.9 Å². The van der Waals surface area contributed by atoms with Crippen LogP contribution in [-0.4, -0.2) is 48.6 Å². The third-order valence-electron chi connectivity index (χ3n) is 5.69. The summed E-state index contributed by atoms with van der Waals surface area (Å²) in [5.74, 6) is -0.210. The Morgan fingerprint density at radius 1 is 1.27 bits per heavy atom. The minimum atomic E-state index is -0.453. The molecular weight excluding hydrogens is 335 g/mol. The number of hydrogen-bond acceptors (Lipinski definition) is 3. The van der Waals surface area contributed by atoms with Crippen molar-refractivity contribution in [2.45, 2.75) is 45.1 Å². The van der Waals surface area contributed by atoms with Crippen LogP contribution in [0.5, 0.6) is 0 Å². The van der Waals surface area contributed by atoms with Gasteiger partial charge in [-0.15, -0.1) is 0 Å². The lowest BCUT2D eigenvalue weighted by Crippen LogP contribution is -2.59. The minimum absolute atomic E-state index is 0.00297. The molecule has 2 aliphatic rings. The van der Waals surface area contributed by atoms with E-state index in [0.717, 1.165) is 12.8 Å². The molecule has 1 aromatic rings. The summed E-state index contributed by atoms with van der Waals surface area (Å²) >= 11 is 0. The zero-order valence-electron chi connectivity index (χ0n) is 15.5. The van der Waals surface area contributed by atoms with Gasteiger partial charge in [0.1, 0.15) is 12.4 Å². The van der Waals surface area contributed by atoms with Crippen LogP contribution < -0.4 is 4.90 Å². The van der Waals surface area contributed by atoms with Crippen molar-refractivity contribution in [2.24, 2.45) is 5.92 Å². The highest BCUT2D eigenvalue weighted by Crippen LogP contribution is 2.33. The minimum Gasteiger partial charge on any atom is -0.363 e. The second-order valence-electron chi connectivity index (χ2n) is 7.27. The zero-order valence-corrected chi connectivity index (χ0v) is 15.5. The van der Waals surface area contributed by atoms with Gasteiger partial charge in [0.25, 0.3) is 5.91 Å². The molecule has 2 fully saturated rings. The summed E-state index contributed by atoms with van der Waals surface area (Å²) in [6.45, 7) is 5.77. The molecular formula is C20H27FN2O3. The first kappa shape index (κ1) is 18.8. The summed E-state index contributed by atoms with van der Waals surface area (Å²) in [6.07, 6.45) is 3.10. The lowest BCUT2D eigenvalue weighted by atomic mass is 9.88. The number of hydrogen-bond donors (Lipinski definition) is 0. The molecule has 3 rings (SSSR count). The molecule has 0 N–H and O–H groups in total. The van der Waals surface area contributed by atoms with Crippen LogP contribution in [0.25, 0.3) is 0 Å². The smallest absolute Gasteiger partial charge is 0.253 e. The van der Waals surface area contributed by atoms with E-state index in [1.54, 1.807) is 17.0 Å². The van der Waals surface area contributed by atoms with Gasteiger partial charge < -0.3 is 14.5 Å². The summed E-state index contributed by atoms with van der Waals surface area (Å²) in [5, 5.41) is 0. The molecule has 0 atom stereocenters. The van der Waals surface area contributed by atoms with Gasteiger partial charge in [-0.3, -0.25) is 9.59 Å². The summed E-state index contributed by atoms with van der Waals surface area (Å²) in [7, 11) is 0. The number of piperidine rings is 1. The maximum Gasteiger partial charge on any atom is 0.253 e. The summed E-state index contributed by atoms with van der Waals surface area (Å²) < 4.78 is 19.5. The van der Waals surface area contributed by atoms with Gasteiger partial charge in [0, 0.05) is 24.7 Å². The van der Waals surface area contributed by atoms with Gasteiger partial charge in [0.15, 0.2) is 0 Å². The molecule has 2 saturated heterocycles. The van der Waals surface area contributed by atoms with Crippen molar-refractivity contribution in [3.05, 3.63) is 30.1 Å². The van der Waals surface area contributed by atoms with Crippen LogP contribution in [0.15, 0.2) is 24.3 Å². The van der Waals surface area contributed by atoms with Gasteiger partial charge in [-0.1, -0.05) is 19.9 Å². The highest BCUT2D eigenvalue weighted by atomic mass is 19.1. The van der Waals surface area contributed by atoms with Crippen LogP contribution >= 0.6 is 0 Å². The normalized spacial score (nSPS) is 20.1. The maximum atomic E-state index is 13.6. The molecule has 0 unspecified atom stereocenters. The van der Waals surface area contributed by atoms with Gasteiger partial charge in [0.05, 0.1) is 12.1 Å². The van der Waals surface area contributed by atoms with Crippen molar-refractivity contribution < 1.29 is 18.7 Å². The number of benzene rings is 1. The van der Waals surface area contributed by atoms with Crippen LogP contribution in [0.1, 0.15) is 39.5 Å². The fourth-order valence-electron chi connectivity index (χ4n) is 3.93. The molecule has 0 aliphatic carbocycles. The molecule has 5 nitrogen and oxygen atoms in total. The number of likely N-dealkylation sites (tertiary alicyclic amines) is 1. The van der Waals surface area contributed by atoms with Gasteiger partial charge in [-0.05, 0) is 43.9 Å². The van der Waals surface area contributed by atoms with E-state index in [1.165, 1.54) is 12.1 Å². The monoisotopic (exact) mass is 362 g/mol.